The molecule has 1 aliphatic heterocycles. The average Bonchev–Trinajstić information content (AvgIpc) is 3.52. The zero-order valence-electron chi connectivity index (χ0n) is 30.0. The second-order valence-electron chi connectivity index (χ2n) is 13.7. The van der Waals surface area contributed by atoms with Crippen LogP contribution in [0.2, 0.25) is 0 Å². The summed E-state index contributed by atoms with van der Waals surface area (Å²) in [5.74, 6) is 0.303. The molecule has 5 aromatic rings. The lowest BCUT2D eigenvalue weighted by molar-refractivity contribution is -0.164. The molecule has 8 heteroatoms. The van der Waals surface area contributed by atoms with E-state index in [2.05, 4.69) is 78.7 Å². The monoisotopic (exact) mass is 670 g/mol. The Bertz CT molecular complexity index is 2070. The van der Waals surface area contributed by atoms with Gasteiger partial charge in [-0.1, -0.05) is 54.6 Å². The number of methoxy groups -OCH3 is 1. The number of esters is 1. The van der Waals surface area contributed by atoms with E-state index in [1.54, 1.807) is 0 Å². The van der Waals surface area contributed by atoms with E-state index in [0.29, 0.717) is 35.8 Å². The van der Waals surface area contributed by atoms with Crippen molar-refractivity contribution >= 4 is 17.3 Å². The molecule has 0 spiro atoms. The third kappa shape index (κ3) is 6.94. The lowest BCUT2D eigenvalue weighted by Crippen LogP contribution is -2.33. The zero-order chi connectivity index (χ0) is 35.6. The molecule has 0 saturated heterocycles. The number of rotatable bonds is 11. The molecule has 0 bridgehead atoms. The van der Waals surface area contributed by atoms with Gasteiger partial charge in [0, 0.05) is 35.0 Å². The molecule has 2 aromatic heterocycles. The van der Waals surface area contributed by atoms with Gasteiger partial charge < -0.3 is 19.1 Å². The van der Waals surface area contributed by atoms with Gasteiger partial charge in [-0.2, -0.15) is 5.10 Å². The minimum absolute atomic E-state index is 0.507. The van der Waals surface area contributed by atoms with Crippen LogP contribution in [0.15, 0.2) is 92.0 Å². The van der Waals surface area contributed by atoms with Crippen molar-refractivity contribution in [3.05, 3.63) is 114 Å². The number of carbonyl (C=O) groups is 1. The first-order valence-corrected chi connectivity index (χ1v) is 17.1. The lowest BCUT2D eigenvalue weighted by Gasteiger charge is -2.32. The molecule has 1 unspecified atom stereocenters. The molecule has 1 atom stereocenters. The number of ether oxygens (including phenoxy) is 3. The minimum Gasteiger partial charge on any atom is -0.490 e. The van der Waals surface area contributed by atoms with Gasteiger partial charge in [-0.05, 0) is 87.9 Å². The van der Waals surface area contributed by atoms with Gasteiger partial charge >= 0.3 is 5.97 Å². The van der Waals surface area contributed by atoms with Crippen molar-refractivity contribution in [2.45, 2.75) is 59.2 Å². The van der Waals surface area contributed by atoms with Crippen LogP contribution in [0.25, 0.3) is 39.3 Å². The summed E-state index contributed by atoms with van der Waals surface area (Å²) in [4.78, 5) is 20.8. The van der Waals surface area contributed by atoms with Gasteiger partial charge in [0.15, 0.2) is 11.8 Å². The fourth-order valence-corrected chi connectivity index (χ4v) is 6.68. The number of anilines is 1. The summed E-state index contributed by atoms with van der Waals surface area (Å²) in [5, 5.41) is 5.21. The number of hydrogen-bond donors (Lipinski definition) is 0. The van der Waals surface area contributed by atoms with Crippen LogP contribution < -0.4 is 9.64 Å². The number of carbonyl (C=O) groups excluding carboxylic acids is 1. The zero-order valence-corrected chi connectivity index (χ0v) is 30.0. The molecule has 3 aromatic carbocycles. The third-order valence-corrected chi connectivity index (χ3v) is 8.95. The highest BCUT2D eigenvalue weighted by Crippen LogP contribution is 2.43. The van der Waals surface area contributed by atoms with Crippen molar-refractivity contribution in [1.82, 2.24) is 14.6 Å². The summed E-state index contributed by atoms with van der Waals surface area (Å²) >= 11 is 0. The predicted octanol–water partition coefficient (Wildman–Crippen LogP) is 8.88. The molecule has 1 aliphatic rings. The summed E-state index contributed by atoms with van der Waals surface area (Å²) in [6, 6.07) is 23.1. The van der Waals surface area contributed by atoms with Crippen LogP contribution in [-0.4, -0.2) is 53.0 Å². The van der Waals surface area contributed by atoms with Crippen LogP contribution in [0.1, 0.15) is 55.7 Å². The normalized spacial score (nSPS) is 13.4. The summed E-state index contributed by atoms with van der Waals surface area (Å²) in [6.45, 7) is 19.6. The van der Waals surface area contributed by atoms with E-state index >= 15 is 0 Å². The van der Waals surface area contributed by atoms with Crippen LogP contribution in [0, 0.1) is 13.8 Å². The molecule has 50 heavy (non-hydrogen) atoms. The van der Waals surface area contributed by atoms with Gasteiger partial charge in [-0.3, -0.25) is 0 Å². The lowest BCUT2D eigenvalue weighted by atomic mass is 9.95. The van der Waals surface area contributed by atoms with Crippen LogP contribution in [-0.2, 0) is 20.7 Å². The maximum absolute atomic E-state index is 13.6. The van der Waals surface area contributed by atoms with Crippen molar-refractivity contribution in [2.75, 3.05) is 31.7 Å². The van der Waals surface area contributed by atoms with Gasteiger partial charge in [0.05, 0.1) is 36.3 Å². The highest BCUT2D eigenvalue weighted by atomic mass is 16.6. The first kappa shape index (κ1) is 34.6. The molecule has 0 aliphatic carbocycles. The van der Waals surface area contributed by atoms with Gasteiger partial charge in [-0.15, -0.1) is 13.2 Å². The molecule has 3 heterocycles. The summed E-state index contributed by atoms with van der Waals surface area (Å²) in [5.41, 5.74) is 10.1. The number of allylic oxidation sites excluding steroid dienone is 1. The highest BCUT2D eigenvalue weighted by Gasteiger charge is 2.35. The predicted molar refractivity (Wildman–Crippen MR) is 201 cm³/mol. The van der Waals surface area contributed by atoms with Crippen molar-refractivity contribution in [2.24, 2.45) is 0 Å². The van der Waals surface area contributed by atoms with Crippen LogP contribution in [0.3, 0.4) is 0 Å². The summed E-state index contributed by atoms with van der Waals surface area (Å²) < 4.78 is 19.8. The van der Waals surface area contributed by atoms with Gasteiger partial charge in [0.2, 0.25) is 0 Å². The van der Waals surface area contributed by atoms with Crippen molar-refractivity contribution < 1.29 is 19.0 Å². The molecular formula is C42H46N4O4. The number of hydrogen-bond acceptors (Lipinski definition) is 7. The molecule has 0 N–H and O–H groups in total. The van der Waals surface area contributed by atoms with E-state index in [1.165, 1.54) is 18.2 Å². The number of fused-ring (bicyclic) bond motifs is 2. The average molecular weight is 671 g/mol. The molecule has 0 radical (unpaired) electrons. The molecule has 0 fully saturated rings. The Labute approximate surface area is 295 Å². The molecule has 0 saturated carbocycles. The fourth-order valence-electron chi connectivity index (χ4n) is 6.68. The van der Waals surface area contributed by atoms with E-state index in [0.717, 1.165) is 58.8 Å². The number of aromatic nitrogens is 3. The van der Waals surface area contributed by atoms with Gasteiger partial charge in [-0.25, -0.2) is 14.3 Å². The van der Waals surface area contributed by atoms with Crippen LogP contribution >= 0.6 is 0 Å². The van der Waals surface area contributed by atoms with E-state index in [4.69, 9.17) is 24.3 Å². The van der Waals surface area contributed by atoms with E-state index in [9.17, 15) is 4.79 Å². The van der Waals surface area contributed by atoms with E-state index < -0.39 is 17.7 Å². The first-order chi connectivity index (χ1) is 24.0. The molecule has 258 valence electrons. The highest BCUT2D eigenvalue weighted by molar-refractivity contribution is 5.85. The first-order valence-electron chi connectivity index (χ1n) is 17.1. The Kier molecular flexibility index (Phi) is 9.93. The Morgan fingerprint density at radius 2 is 1.78 bits per heavy atom. The molecule has 8 nitrogen and oxygen atoms in total. The van der Waals surface area contributed by atoms with Crippen molar-refractivity contribution in [1.29, 1.82) is 0 Å². The topological polar surface area (TPSA) is 78.2 Å². The number of nitrogens with zero attached hydrogens (tertiary/aromatic N) is 4. The molecule has 0 amide bonds. The maximum atomic E-state index is 13.6. The Balaban J connectivity index is 1.60. The largest absolute Gasteiger partial charge is 0.490 e. The fraction of sp³-hybridized carbons (Fsp3) is 0.310. The smallest absolute Gasteiger partial charge is 0.339 e. The van der Waals surface area contributed by atoms with Gasteiger partial charge in [0.25, 0.3) is 0 Å². The Hall–Kier alpha value is -5.21. The maximum Gasteiger partial charge on any atom is 0.339 e. The standard InChI is InChI=1S/C42H46N4O4/c1-9-11-15-29-16-12-13-19-32(29)30-17-14-18-31(24-30)34-26-37-43-28(4)38(40(41(47)48-8)50-42(5,6)7)39(46(37)44-34)33-25-35-36(23-27(33)3)49-22-21-45(35)20-10-2/h9-10,12-14,16-19,23-26,40H,1-2,11,15,20-22H2,3-8H3. The number of benzene rings is 3. The van der Waals surface area contributed by atoms with Crippen molar-refractivity contribution in [3.8, 4) is 39.4 Å². The minimum atomic E-state index is -1.05. The number of aryl methyl sites for hydroxylation is 3. The van der Waals surface area contributed by atoms with Crippen LogP contribution in [0.5, 0.6) is 5.75 Å². The van der Waals surface area contributed by atoms with E-state index in [1.807, 2.05) is 57.4 Å². The molecular weight excluding hydrogens is 624 g/mol. The Morgan fingerprint density at radius 1 is 1.00 bits per heavy atom. The second-order valence-corrected chi connectivity index (χ2v) is 13.7. The summed E-state index contributed by atoms with van der Waals surface area (Å²) in [6.07, 6.45) is 4.62. The Morgan fingerprint density at radius 3 is 2.52 bits per heavy atom. The summed E-state index contributed by atoms with van der Waals surface area (Å²) in [7, 11) is 1.38. The quantitative estimate of drug-likeness (QED) is 0.103. The third-order valence-electron chi connectivity index (χ3n) is 8.95. The SMILES string of the molecule is C=CCCc1ccccc1-c1cccc(-c2cc3nc(C)c(C(OC(C)(C)C)C(=O)OC)c(-c4cc5c(cc4C)OCCN5CC=C)n3n2)c1. The second kappa shape index (κ2) is 14.3. The van der Waals surface area contributed by atoms with Crippen molar-refractivity contribution in [3.63, 3.8) is 0 Å². The van der Waals surface area contributed by atoms with Crippen LogP contribution in [0.4, 0.5) is 5.69 Å². The molecule has 6 rings (SSSR count). The van der Waals surface area contributed by atoms with Gasteiger partial charge in [0.1, 0.15) is 12.4 Å². The van der Waals surface area contributed by atoms with E-state index in [-0.39, 0.29) is 0 Å².